The minimum atomic E-state index is -0.445. The van der Waals surface area contributed by atoms with E-state index in [4.69, 9.17) is 5.10 Å². The molecule has 0 spiro atoms. The van der Waals surface area contributed by atoms with Gasteiger partial charge in [0.15, 0.2) is 11.3 Å². The molecule has 0 unspecified atom stereocenters. The Morgan fingerprint density at radius 1 is 1.10 bits per heavy atom. The molecule has 4 heterocycles. The Morgan fingerprint density at radius 3 is 2.45 bits per heavy atom. The number of piperidine rings is 2. The van der Waals surface area contributed by atoms with Crippen molar-refractivity contribution in [3.63, 3.8) is 0 Å². The van der Waals surface area contributed by atoms with Crippen LogP contribution in [0.5, 0.6) is 5.75 Å². The highest BCUT2D eigenvalue weighted by molar-refractivity contribution is 5.88. The molecule has 2 aliphatic heterocycles. The van der Waals surface area contributed by atoms with Gasteiger partial charge in [0.05, 0.1) is 30.4 Å². The molecule has 2 saturated heterocycles. The molecule has 0 bridgehead atoms. The summed E-state index contributed by atoms with van der Waals surface area (Å²) >= 11 is 0. The molecule has 1 atom stereocenters. The molecule has 42 heavy (non-hydrogen) atoms. The van der Waals surface area contributed by atoms with Gasteiger partial charge in [0.2, 0.25) is 5.91 Å². The molecular formula is C31H45N8O3. The Labute approximate surface area is 248 Å². The van der Waals surface area contributed by atoms with E-state index in [1.165, 1.54) is 0 Å². The van der Waals surface area contributed by atoms with Crippen LogP contribution in [-0.2, 0) is 4.79 Å². The number of amides is 1. The molecular weight excluding hydrogens is 532 g/mol. The number of para-hydroxylation sites is 1. The fourth-order valence-electron chi connectivity index (χ4n) is 5.99. The van der Waals surface area contributed by atoms with Crippen molar-refractivity contribution < 1.29 is 15.0 Å². The first-order chi connectivity index (χ1) is 20.2. The van der Waals surface area contributed by atoms with Gasteiger partial charge in [-0.15, -0.1) is 10.2 Å². The first-order valence-electron chi connectivity index (χ1n) is 15.1. The summed E-state index contributed by atoms with van der Waals surface area (Å²) in [4.78, 5) is 17.3. The number of phenolic OH excluding ortho intramolecular Hbond substituents is 1. The molecule has 1 radical (unpaired) electrons. The molecule has 0 saturated carbocycles. The molecule has 4 N–H and O–H groups in total. The van der Waals surface area contributed by atoms with E-state index in [0.29, 0.717) is 29.5 Å². The fraction of sp³-hybridized carbons (Fsp3) is 0.581. The van der Waals surface area contributed by atoms with Crippen molar-refractivity contribution in [1.29, 1.82) is 0 Å². The van der Waals surface area contributed by atoms with Crippen LogP contribution < -0.4 is 10.6 Å². The Morgan fingerprint density at radius 2 is 1.79 bits per heavy atom. The van der Waals surface area contributed by atoms with Gasteiger partial charge in [-0.2, -0.15) is 5.10 Å². The van der Waals surface area contributed by atoms with Crippen LogP contribution in [0.1, 0.15) is 45.6 Å². The van der Waals surface area contributed by atoms with Gasteiger partial charge in [-0.05, 0) is 69.8 Å². The normalized spacial score (nSPS) is 18.8. The van der Waals surface area contributed by atoms with Gasteiger partial charge >= 0.3 is 0 Å². The third kappa shape index (κ3) is 6.68. The number of nitrogens with zero attached hydrogens (tertiary/aromatic N) is 6. The van der Waals surface area contributed by atoms with Crippen LogP contribution >= 0.6 is 0 Å². The highest BCUT2D eigenvalue weighted by Gasteiger charge is 2.30. The second-order valence-corrected chi connectivity index (χ2v) is 12.5. The molecule has 1 amide bonds. The van der Waals surface area contributed by atoms with Crippen LogP contribution in [0.25, 0.3) is 22.3 Å². The summed E-state index contributed by atoms with van der Waals surface area (Å²) < 4.78 is 2.10. The maximum atomic E-state index is 12.5. The third-order valence-electron chi connectivity index (χ3n) is 9.05. The number of likely N-dealkylation sites (tertiary alicyclic amines) is 2. The first-order valence-corrected chi connectivity index (χ1v) is 15.1. The number of rotatable bonds is 10. The molecule has 1 aromatic carbocycles. The van der Waals surface area contributed by atoms with Crippen LogP contribution in [0, 0.1) is 18.3 Å². The van der Waals surface area contributed by atoms with Crippen molar-refractivity contribution in [2.75, 3.05) is 58.2 Å². The van der Waals surface area contributed by atoms with E-state index in [9.17, 15) is 15.0 Å². The van der Waals surface area contributed by atoms with Crippen molar-refractivity contribution in [2.24, 2.45) is 11.3 Å². The highest BCUT2D eigenvalue weighted by Crippen LogP contribution is 2.33. The lowest BCUT2D eigenvalue weighted by Gasteiger charge is -2.38. The minimum absolute atomic E-state index is 0.0190. The van der Waals surface area contributed by atoms with Crippen molar-refractivity contribution in [3.8, 4) is 17.0 Å². The standard InChI is InChI=1S/C31H45N8O3/c1-21(31(2,3)20-40)33-28(42)19-38-13-9-22(10-14-38)18-37-15-11-23(12-16-37)39-26-17-25(24-7-5-6-8-27(24)41)34-35-29(26)30(32-4)36-39/h5-8,17,21-23,40-41H,1,9-16,18-20H2,2-4H3,(H,32,36)(H,33,42)/t21-/m0/s1. The van der Waals surface area contributed by atoms with Gasteiger partial charge in [-0.1, -0.05) is 26.0 Å². The smallest absolute Gasteiger partial charge is 0.234 e. The average molecular weight is 578 g/mol. The van der Waals surface area contributed by atoms with Gasteiger partial charge in [-0.3, -0.25) is 14.4 Å². The third-order valence-corrected chi connectivity index (χ3v) is 9.05. The molecule has 3 aromatic rings. The maximum Gasteiger partial charge on any atom is 0.234 e. The van der Waals surface area contributed by atoms with Crippen LogP contribution in [0.4, 0.5) is 5.82 Å². The Hall–Kier alpha value is -3.28. The fourth-order valence-corrected chi connectivity index (χ4v) is 5.99. The molecule has 5 rings (SSSR count). The SMILES string of the molecule is [CH2][C@H](NC(=O)CN1CCC(CN2CCC(n3nc(NC)c4nnc(-c5ccccc5O)cc43)CC2)CC1)C(C)(C)CO. The summed E-state index contributed by atoms with van der Waals surface area (Å²) in [6, 6.07) is 9.11. The molecule has 0 aliphatic carbocycles. The lowest BCUT2D eigenvalue weighted by molar-refractivity contribution is -0.123. The zero-order valence-corrected chi connectivity index (χ0v) is 25.1. The zero-order chi connectivity index (χ0) is 29.9. The number of hydrogen-bond acceptors (Lipinski definition) is 9. The summed E-state index contributed by atoms with van der Waals surface area (Å²) in [7, 11) is 1.85. The molecule has 11 heteroatoms. The van der Waals surface area contributed by atoms with Crippen LogP contribution in [-0.4, -0.2) is 105 Å². The zero-order valence-electron chi connectivity index (χ0n) is 25.1. The number of benzene rings is 1. The summed E-state index contributed by atoms with van der Waals surface area (Å²) in [5, 5.41) is 39.7. The van der Waals surface area contributed by atoms with Gasteiger partial charge in [-0.25, -0.2) is 0 Å². The number of carbonyl (C=O) groups excluding carboxylic acids is 1. The molecule has 2 fully saturated rings. The van der Waals surface area contributed by atoms with E-state index in [0.717, 1.165) is 69.4 Å². The Kier molecular flexibility index (Phi) is 9.29. The van der Waals surface area contributed by atoms with E-state index < -0.39 is 5.41 Å². The summed E-state index contributed by atoms with van der Waals surface area (Å²) in [5.74, 6) is 1.50. The van der Waals surface area contributed by atoms with E-state index in [1.54, 1.807) is 12.1 Å². The molecule has 11 nitrogen and oxygen atoms in total. The van der Waals surface area contributed by atoms with Crippen molar-refractivity contribution in [2.45, 2.75) is 51.6 Å². The molecule has 227 valence electrons. The number of nitrogens with one attached hydrogen (secondary N) is 2. The van der Waals surface area contributed by atoms with E-state index >= 15 is 0 Å². The topological polar surface area (TPSA) is 132 Å². The quantitative estimate of drug-likeness (QED) is 0.287. The number of aliphatic hydroxyl groups excluding tert-OH is 1. The summed E-state index contributed by atoms with van der Waals surface area (Å²) in [5.41, 5.74) is 2.50. The Bertz CT molecular complexity index is 1360. The van der Waals surface area contributed by atoms with Crippen molar-refractivity contribution >= 4 is 22.8 Å². The largest absolute Gasteiger partial charge is 0.507 e. The summed E-state index contributed by atoms with van der Waals surface area (Å²) in [6.07, 6.45) is 4.19. The number of aromatic nitrogens is 4. The second-order valence-electron chi connectivity index (χ2n) is 12.5. The highest BCUT2D eigenvalue weighted by atomic mass is 16.3. The van der Waals surface area contributed by atoms with Gasteiger partial charge in [0, 0.05) is 43.7 Å². The second kappa shape index (κ2) is 12.9. The monoisotopic (exact) mass is 577 g/mol. The Balaban J connectivity index is 1.13. The van der Waals surface area contributed by atoms with Gasteiger partial charge in [0.25, 0.3) is 0 Å². The lowest BCUT2D eigenvalue weighted by atomic mass is 9.86. The number of aromatic hydroxyl groups is 1. The molecule has 2 aliphatic rings. The van der Waals surface area contributed by atoms with E-state index in [2.05, 4.69) is 42.2 Å². The van der Waals surface area contributed by atoms with E-state index in [1.807, 2.05) is 39.1 Å². The number of aliphatic hydroxyl groups is 1. The predicted molar refractivity (Wildman–Crippen MR) is 164 cm³/mol. The van der Waals surface area contributed by atoms with Crippen molar-refractivity contribution in [3.05, 3.63) is 37.3 Å². The summed E-state index contributed by atoms with van der Waals surface area (Å²) in [6.45, 7) is 13.1. The van der Waals surface area contributed by atoms with Gasteiger partial charge < -0.3 is 25.7 Å². The maximum absolute atomic E-state index is 12.5. The lowest BCUT2D eigenvalue weighted by Crippen LogP contribution is -2.49. The number of hydrogen-bond donors (Lipinski definition) is 4. The first kappa shape index (κ1) is 30.2. The molecule has 2 aromatic heterocycles. The minimum Gasteiger partial charge on any atom is -0.507 e. The van der Waals surface area contributed by atoms with Crippen molar-refractivity contribution in [1.82, 2.24) is 35.1 Å². The van der Waals surface area contributed by atoms with Crippen LogP contribution in [0.2, 0.25) is 0 Å². The average Bonchev–Trinajstić information content (AvgIpc) is 3.36. The number of phenols is 1. The van der Waals surface area contributed by atoms with Crippen LogP contribution in [0.15, 0.2) is 30.3 Å². The number of fused-ring (bicyclic) bond motifs is 1. The number of carbonyl (C=O) groups is 1. The van der Waals surface area contributed by atoms with Gasteiger partial charge in [0.1, 0.15) is 5.75 Å². The van der Waals surface area contributed by atoms with E-state index in [-0.39, 0.29) is 30.3 Å². The predicted octanol–water partition coefficient (Wildman–Crippen LogP) is 2.93. The number of anilines is 1. The van der Waals surface area contributed by atoms with Crippen LogP contribution in [0.3, 0.4) is 0 Å².